The summed E-state index contributed by atoms with van der Waals surface area (Å²) in [5, 5.41) is 1.11. The molecule has 2 saturated heterocycles. The highest BCUT2D eigenvalue weighted by atomic mass is 32.2. The number of rotatable bonds is 3. The maximum absolute atomic E-state index is 12.6. The standard InChI is InChI=1S/C18H23N3O3S/c22-18(11-14-12-19-17-4-2-1-3-16(14)17)21-8-6-20(7-9-21)15-5-10-25(23,24)13-15/h1-4,12,15,19H,5-11,13H2/p+1/t15-/m0/s1. The number of hydrogen-bond donors (Lipinski definition) is 2. The molecule has 2 aliphatic rings. The second-order valence-corrected chi connectivity index (χ2v) is 9.40. The van der Waals surface area contributed by atoms with Crippen molar-refractivity contribution in [1.29, 1.82) is 0 Å². The number of amides is 1. The first kappa shape index (κ1) is 16.6. The smallest absolute Gasteiger partial charge is 0.227 e. The van der Waals surface area contributed by atoms with Crippen LogP contribution in [0.25, 0.3) is 10.9 Å². The summed E-state index contributed by atoms with van der Waals surface area (Å²) in [6.45, 7) is 3.12. The summed E-state index contributed by atoms with van der Waals surface area (Å²) >= 11 is 0. The number of carbonyl (C=O) groups excluding carboxylic acids is 1. The van der Waals surface area contributed by atoms with Crippen molar-refractivity contribution < 1.29 is 18.1 Å². The predicted molar refractivity (Wildman–Crippen MR) is 96.3 cm³/mol. The molecule has 1 aromatic heterocycles. The van der Waals surface area contributed by atoms with Gasteiger partial charge in [-0.1, -0.05) is 18.2 Å². The molecular formula is C18H24N3O3S+. The third kappa shape index (κ3) is 3.43. The van der Waals surface area contributed by atoms with Gasteiger partial charge in [0.15, 0.2) is 9.84 Å². The highest BCUT2D eigenvalue weighted by molar-refractivity contribution is 7.91. The van der Waals surface area contributed by atoms with Gasteiger partial charge in [0.2, 0.25) is 5.91 Å². The van der Waals surface area contributed by atoms with E-state index in [4.69, 9.17) is 0 Å². The van der Waals surface area contributed by atoms with Crippen LogP contribution in [0.15, 0.2) is 30.5 Å². The fraction of sp³-hybridized carbons (Fsp3) is 0.500. The Morgan fingerprint density at radius 3 is 2.72 bits per heavy atom. The molecule has 4 rings (SSSR count). The van der Waals surface area contributed by atoms with E-state index >= 15 is 0 Å². The number of hydrogen-bond acceptors (Lipinski definition) is 3. The van der Waals surface area contributed by atoms with E-state index in [1.165, 1.54) is 4.90 Å². The van der Waals surface area contributed by atoms with Crippen molar-refractivity contribution in [3.63, 3.8) is 0 Å². The summed E-state index contributed by atoms with van der Waals surface area (Å²) in [7, 11) is -2.83. The first-order valence-corrected chi connectivity index (χ1v) is 10.7. The lowest BCUT2D eigenvalue weighted by atomic mass is 10.1. The molecule has 1 aromatic carbocycles. The number of aromatic amines is 1. The van der Waals surface area contributed by atoms with Crippen molar-refractivity contribution in [2.24, 2.45) is 0 Å². The molecule has 0 bridgehead atoms. The molecule has 25 heavy (non-hydrogen) atoms. The number of para-hydroxylation sites is 1. The summed E-state index contributed by atoms with van der Waals surface area (Å²) in [4.78, 5) is 19.1. The molecule has 3 heterocycles. The van der Waals surface area contributed by atoms with Crippen molar-refractivity contribution >= 4 is 26.6 Å². The quantitative estimate of drug-likeness (QED) is 0.782. The summed E-state index contributed by atoms with van der Waals surface area (Å²) in [5.74, 6) is 0.790. The summed E-state index contributed by atoms with van der Waals surface area (Å²) in [5.41, 5.74) is 2.10. The number of quaternary nitrogens is 1. The van der Waals surface area contributed by atoms with Crippen LogP contribution in [-0.2, 0) is 21.1 Å². The van der Waals surface area contributed by atoms with Gasteiger partial charge >= 0.3 is 0 Å². The van der Waals surface area contributed by atoms with E-state index in [9.17, 15) is 13.2 Å². The Morgan fingerprint density at radius 1 is 1.24 bits per heavy atom. The summed E-state index contributed by atoms with van der Waals surface area (Å²) in [6.07, 6.45) is 3.10. The lowest BCUT2D eigenvalue weighted by Gasteiger charge is -2.35. The van der Waals surface area contributed by atoms with Gasteiger partial charge in [-0.25, -0.2) is 8.42 Å². The minimum atomic E-state index is -2.83. The van der Waals surface area contributed by atoms with Gasteiger partial charge in [-0.15, -0.1) is 0 Å². The number of H-pyrrole nitrogens is 1. The van der Waals surface area contributed by atoms with Crippen molar-refractivity contribution in [1.82, 2.24) is 9.88 Å². The zero-order chi connectivity index (χ0) is 17.4. The van der Waals surface area contributed by atoms with Gasteiger partial charge in [0.1, 0.15) is 11.8 Å². The van der Waals surface area contributed by atoms with E-state index in [1.807, 2.05) is 35.4 Å². The molecule has 0 spiro atoms. The van der Waals surface area contributed by atoms with Crippen LogP contribution in [0.4, 0.5) is 0 Å². The zero-order valence-electron chi connectivity index (χ0n) is 14.2. The molecule has 6 nitrogen and oxygen atoms in total. The third-order valence-electron chi connectivity index (χ3n) is 5.58. The Hall–Kier alpha value is -1.86. The molecule has 1 atom stereocenters. The number of benzene rings is 1. The lowest BCUT2D eigenvalue weighted by molar-refractivity contribution is -0.925. The molecule has 7 heteroatoms. The Labute approximate surface area is 147 Å². The molecule has 0 aliphatic carbocycles. The Balaban J connectivity index is 1.35. The SMILES string of the molecule is O=C(Cc1c[nH]c2ccccc12)N1CC[NH+]([C@H]2CCS(=O)(=O)C2)CC1. The number of sulfone groups is 1. The number of piperazine rings is 1. The van der Waals surface area contributed by atoms with Crippen molar-refractivity contribution in [2.75, 3.05) is 37.7 Å². The van der Waals surface area contributed by atoms with Crippen LogP contribution in [0.2, 0.25) is 0 Å². The minimum Gasteiger partial charge on any atom is -0.361 e. The Morgan fingerprint density at radius 2 is 2.00 bits per heavy atom. The molecule has 134 valence electrons. The first-order chi connectivity index (χ1) is 12.0. The molecule has 2 fully saturated rings. The third-order valence-corrected chi connectivity index (χ3v) is 7.35. The summed E-state index contributed by atoms with van der Waals surface area (Å²) in [6, 6.07) is 8.24. The van der Waals surface area contributed by atoms with Gasteiger partial charge in [-0.3, -0.25) is 4.79 Å². The molecule has 2 aromatic rings. The fourth-order valence-electron chi connectivity index (χ4n) is 4.12. The monoisotopic (exact) mass is 362 g/mol. The maximum Gasteiger partial charge on any atom is 0.227 e. The summed E-state index contributed by atoms with van der Waals surface area (Å²) < 4.78 is 23.3. The average Bonchev–Trinajstić information content (AvgIpc) is 3.18. The van der Waals surface area contributed by atoms with Crippen LogP contribution in [0, 0.1) is 0 Å². The van der Waals surface area contributed by atoms with E-state index in [2.05, 4.69) is 4.98 Å². The van der Waals surface area contributed by atoms with Crippen LogP contribution in [0.5, 0.6) is 0 Å². The highest BCUT2D eigenvalue weighted by Crippen LogP contribution is 2.18. The fourth-order valence-corrected chi connectivity index (χ4v) is 5.95. The average molecular weight is 362 g/mol. The molecule has 0 saturated carbocycles. The van der Waals surface area contributed by atoms with E-state index in [0.29, 0.717) is 31.0 Å². The highest BCUT2D eigenvalue weighted by Gasteiger charge is 2.37. The van der Waals surface area contributed by atoms with E-state index in [0.717, 1.165) is 36.0 Å². The van der Waals surface area contributed by atoms with E-state index in [1.54, 1.807) is 0 Å². The molecule has 0 unspecified atom stereocenters. The van der Waals surface area contributed by atoms with Gasteiger partial charge < -0.3 is 14.8 Å². The van der Waals surface area contributed by atoms with Gasteiger partial charge in [-0.05, 0) is 11.6 Å². The Kier molecular flexibility index (Phi) is 4.29. The number of fused-ring (bicyclic) bond motifs is 1. The van der Waals surface area contributed by atoms with Crippen molar-refractivity contribution in [3.05, 3.63) is 36.0 Å². The molecule has 1 amide bonds. The van der Waals surface area contributed by atoms with Crippen LogP contribution in [0.3, 0.4) is 0 Å². The first-order valence-electron chi connectivity index (χ1n) is 8.89. The second-order valence-electron chi connectivity index (χ2n) is 7.18. The molecule has 2 N–H and O–H groups in total. The minimum absolute atomic E-state index is 0.155. The van der Waals surface area contributed by atoms with Crippen LogP contribution in [0.1, 0.15) is 12.0 Å². The normalized spacial score (nSPS) is 24.0. The number of nitrogens with zero attached hydrogens (tertiary/aromatic N) is 1. The van der Waals surface area contributed by atoms with E-state index in [-0.39, 0.29) is 11.9 Å². The largest absolute Gasteiger partial charge is 0.361 e. The number of aromatic nitrogens is 1. The molecular weight excluding hydrogens is 338 g/mol. The van der Waals surface area contributed by atoms with Crippen molar-refractivity contribution in [3.8, 4) is 0 Å². The lowest BCUT2D eigenvalue weighted by Crippen LogP contribution is -3.18. The Bertz CT molecular complexity index is 882. The molecule has 2 aliphatic heterocycles. The van der Waals surface area contributed by atoms with Crippen LogP contribution in [-0.4, -0.2) is 67.9 Å². The van der Waals surface area contributed by atoms with Gasteiger partial charge in [-0.2, -0.15) is 0 Å². The number of nitrogens with one attached hydrogen (secondary N) is 2. The predicted octanol–water partition coefficient (Wildman–Crippen LogP) is -0.375. The van der Waals surface area contributed by atoms with Gasteiger partial charge in [0.25, 0.3) is 0 Å². The zero-order valence-corrected chi connectivity index (χ0v) is 15.0. The topological polar surface area (TPSA) is 74.7 Å². The van der Waals surface area contributed by atoms with Gasteiger partial charge in [0.05, 0.1) is 38.4 Å². The number of carbonyl (C=O) groups is 1. The van der Waals surface area contributed by atoms with Crippen molar-refractivity contribution in [2.45, 2.75) is 18.9 Å². The van der Waals surface area contributed by atoms with Crippen LogP contribution >= 0.6 is 0 Å². The molecule has 0 radical (unpaired) electrons. The maximum atomic E-state index is 12.6. The van der Waals surface area contributed by atoms with Crippen LogP contribution < -0.4 is 4.90 Å². The van der Waals surface area contributed by atoms with E-state index < -0.39 is 9.84 Å². The van der Waals surface area contributed by atoms with Gasteiger partial charge in [0, 0.05) is 23.5 Å². The second kappa shape index (κ2) is 6.46.